The van der Waals surface area contributed by atoms with Gasteiger partial charge in [-0.2, -0.15) is 5.26 Å². The third-order valence-electron chi connectivity index (χ3n) is 4.96. The molecular weight excluding hydrogens is 374 g/mol. The molecule has 144 valence electrons. The summed E-state index contributed by atoms with van der Waals surface area (Å²) in [4.78, 5) is 12.6. The summed E-state index contributed by atoms with van der Waals surface area (Å²) in [5.41, 5.74) is 1.48. The van der Waals surface area contributed by atoms with Crippen molar-refractivity contribution in [2.24, 2.45) is 0 Å². The number of ether oxygens (including phenoxy) is 2. The lowest BCUT2D eigenvalue weighted by Gasteiger charge is -2.22. The van der Waals surface area contributed by atoms with Crippen LogP contribution in [0.2, 0.25) is 0 Å². The summed E-state index contributed by atoms with van der Waals surface area (Å²) in [6, 6.07) is 15.2. The second kappa shape index (κ2) is 8.32. The van der Waals surface area contributed by atoms with Crippen molar-refractivity contribution in [2.75, 3.05) is 14.2 Å². The molecule has 0 saturated carbocycles. The van der Waals surface area contributed by atoms with Gasteiger partial charge in [-0.05, 0) is 41.1 Å². The first-order valence-electron chi connectivity index (χ1n) is 8.84. The largest absolute Gasteiger partial charge is 0.493 e. The summed E-state index contributed by atoms with van der Waals surface area (Å²) < 4.78 is 11.8. The number of hydrogen-bond acceptors (Lipinski definition) is 5. The Hall–Kier alpha value is -3.04. The van der Waals surface area contributed by atoms with E-state index in [4.69, 9.17) is 14.7 Å². The molecule has 0 saturated heterocycles. The van der Waals surface area contributed by atoms with Crippen molar-refractivity contribution in [2.45, 2.75) is 25.2 Å². The molecule has 5 nitrogen and oxygen atoms in total. The fraction of sp³-hybridized carbons (Fsp3) is 0.273. The Morgan fingerprint density at radius 1 is 1.14 bits per heavy atom. The molecule has 6 heteroatoms. The van der Waals surface area contributed by atoms with Crippen molar-refractivity contribution in [3.63, 3.8) is 0 Å². The standard InChI is InChI=1S/C22H21NO4S/c1-13(17(10-22(24)25)15-6-4-14(12-23)5-7-15)20-9-16-8-18(26-2)19(27-3)11-21(16)28-20/h4-9,11,13,17H,10H2,1-3H3,(H,24,25). The number of hydrogen-bond donors (Lipinski definition) is 1. The highest BCUT2D eigenvalue weighted by molar-refractivity contribution is 7.19. The van der Waals surface area contributed by atoms with E-state index >= 15 is 0 Å². The average molecular weight is 395 g/mol. The smallest absolute Gasteiger partial charge is 0.303 e. The van der Waals surface area contributed by atoms with Crippen LogP contribution in [0, 0.1) is 11.3 Å². The molecule has 0 aliphatic rings. The van der Waals surface area contributed by atoms with Gasteiger partial charge in [0.05, 0.1) is 32.3 Å². The summed E-state index contributed by atoms with van der Waals surface area (Å²) in [6.07, 6.45) is 0.0218. The molecule has 1 heterocycles. The first kappa shape index (κ1) is 19.7. The Balaban J connectivity index is 2.00. The Morgan fingerprint density at radius 2 is 1.79 bits per heavy atom. The zero-order valence-corrected chi connectivity index (χ0v) is 16.7. The van der Waals surface area contributed by atoms with Crippen LogP contribution in [-0.4, -0.2) is 25.3 Å². The summed E-state index contributed by atoms with van der Waals surface area (Å²) in [7, 11) is 3.21. The van der Waals surface area contributed by atoms with Gasteiger partial charge < -0.3 is 14.6 Å². The molecule has 28 heavy (non-hydrogen) atoms. The van der Waals surface area contributed by atoms with E-state index in [9.17, 15) is 9.90 Å². The van der Waals surface area contributed by atoms with Crippen LogP contribution in [0.25, 0.3) is 10.1 Å². The Kier molecular flexibility index (Phi) is 5.86. The average Bonchev–Trinajstić information content (AvgIpc) is 3.13. The van der Waals surface area contributed by atoms with Gasteiger partial charge >= 0.3 is 5.97 Å². The van der Waals surface area contributed by atoms with Crippen molar-refractivity contribution in [1.82, 2.24) is 0 Å². The number of aliphatic carboxylic acids is 1. The SMILES string of the molecule is COc1cc2cc(C(C)C(CC(=O)O)c3ccc(C#N)cc3)sc2cc1OC. The van der Waals surface area contributed by atoms with E-state index in [0.29, 0.717) is 17.1 Å². The second-order valence-corrected chi connectivity index (χ2v) is 7.74. The molecule has 1 aromatic heterocycles. The Morgan fingerprint density at radius 3 is 2.36 bits per heavy atom. The number of carboxylic acid groups (broad SMARTS) is 1. The number of benzene rings is 2. The zero-order chi connectivity index (χ0) is 20.3. The molecule has 3 rings (SSSR count). The van der Waals surface area contributed by atoms with Gasteiger partial charge in [0.2, 0.25) is 0 Å². The Bertz CT molecular complexity index is 992. The van der Waals surface area contributed by atoms with Gasteiger partial charge in [0, 0.05) is 21.6 Å². The summed E-state index contributed by atoms with van der Waals surface area (Å²) in [6.45, 7) is 2.05. The topological polar surface area (TPSA) is 79.5 Å². The maximum atomic E-state index is 11.5. The molecule has 0 amide bonds. The molecule has 0 spiro atoms. The molecule has 3 aromatic rings. The zero-order valence-electron chi connectivity index (χ0n) is 15.9. The molecule has 0 radical (unpaired) electrons. The van der Waals surface area contributed by atoms with E-state index in [0.717, 1.165) is 20.5 Å². The lowest BCUT2D eigenvalue weighted by molar-refractivity contribution is -0.137. The van der Waals surface area contributed by atoms with E-state index < -0.39 is 5.97 Å². The number of carboxylic acids is 1. The molecule has 0 aliphatic heterocycles. The highest BCUT2D eigenvalue weighted by Crippen LogP contribution is 2.43. The first-order valence-corrected chi connectivity index (χ1v) is 9.65. The van der Waals surface area contributed by atoms with Crippen LogP contribution >= 0.6 is 11.3 Å². The minimum absolute atomic E-state index is 0.00146. The number of rotatable bonds is 7. The second-order valence-electron chi connectivity index (χ2n) is 6.62. The fourth-order valence-corrected chi connectivity index (χ4v) is 4.58. The van der Waals surface area contributed by atoms with Crippen LogP contribution in [0.3, 0.4) is 0 Å². The maximum Gasteiger partial charge on any atom is 0.303 e. The van der Waals surface area contributed by atoms with E-state index in [1.807, 2.05) is 31.2 Å². The first-order chi connectivity index (χ1) is 13.5. The molecule has 2 aromatic carbocycles. The molecule has 2 unspecified atom stereocenters. The van der Waals surface area contributed by atoms with Crippen LogP contribution in [-0.2, 0) is 4.79 Å². The lowest BCUT2D eigenvalue weighted by Crippen LogP contribution is -2.12. The molecule has 0 aliphatic carbocycles. The highest BCUT2D eigenvalue weighted by atomic mass is 32.1. The van der Waals surface area contributed by atoms with Gasteiger partial charge in [-0.25, -0.2) is 0 Å². The van der Waals surface area contributed by atoms with Gasteiger partial charge in [-0.3, -0.25) is 4.79 Å². The van der Waals surface area contributed by atoms with Crippen LogP contribution in [0.4, 0.5) is 0 Å². The van der Waals surface area contributed by atoms with Crippen molar-refractivity contribution in [3.05, 3.63) is 58.5 Å². The van der Waals surface area contributed by atoms with Gasteiger partial charge in [-0.1, -0.05) is 19.1 Å². The number of nitrogens with zero attached hydrogens (tertiary/aromatic N) is 1. The van der Waals surface area contributed by atoms with Gasteiger partial charge in [0.25, 0.3) is 0 Å². The summed E-state index contributed by atoms with van der Waals surface area (Å²) >= 11 is 1.63. The number of methoxy groups -OCH3 is 2. The third kappa shape index (κ3) is 3.95. The van der Waals surface area contributed by atoms with Gasteiger partial charge in [0.1, 0.15) is 0 Å². The monoisotopic (exact) mass is 395 g/mol. The van der Waals surface area contributed by atoms with E-state index in [1.54, 1.807) is 37.7 Å². The van der Waals surface area contributed by atoms with Crippen molar-refractivity contribution < 1.29 is 19.4 Å². The van der Waals surface area contributed by atoms with Gasteiger partial charge in [0.15, 0.2) is 11.5 Å². The van der Waals surface area contributed by atoms with Crippen LogP contribution in [0.5, 0.6) is 11.5 Å². The number of nitriles is 1. The van der Waals surface area contributed by atoms with Crippen LogP contribution < -0.4 is 9.47 Å². The normalized spacial score (nSPS) is 12.9. The van der Waals surface area contributed by atoms with Gasteiger partial charge in [-0.15, -0.1) is 11.3 Å². The molecule has 0 bridgehead atoms. The van der Waals surface area contributed by atoms with E-state index in [2.05, 4.69) is 12.1 Å². The maximum absolute atomic E-state index is 11.5. The molecular formula is C22H21NO4S. The summed E-state index contributed by atoms with van der Waals surface area (Å²) in [5.74, 6) is 0.303. The Labute approximate surface area is 167 Å². The van der Waals surface area contributed by atoms with Crippen LogP contribution in [0.15, 0.2) is 42.5 Å². The number of thiophene rings is 1. The number of carbonyl (C=O) groups is 1. The minimum Gasteiger partial charge on any atom is -0.493 e. The molecule has 2 atom stereocenters. The quantitative estimate of drug-likeness (QED) is 0.598. The van der Waals surface area contributed by atoms with Crippen molar-refractivity contribution in [3.8, 4) is 17.6 Å². The molecule has 1 N–H and O–H groups in total. The summed E-state index contributed by atoms with van der Waals surface area (Å²) in [5, 5.41) is 19.5. The molecule has 0 fully saturated rings. The van der Waals surface area contributed by atoms with E-state index in [1.165, 1.54) is 0 Å². The predicted molar refractivity (Wildman–Crippen MR) is 109 cm³/mol. The highest BCUT2D eigenvalue weighted by Gasteiger charge is 2.25. The van der Waals surface area contributed by atoms with Crippen LogP contribution in [0.1, 0.15) is 41.2 Å². The van der Waals surface area contributed by atoms with Crippen molar-refractivity contribution >= 4 is 27.4 Å². The number of fused-ring (bicyclic) bond motifs is 1. The fourth-order valence-electron chi connectivity index (χ4n) is 3.39. The lowest BCUT2D eigenvalue weighted by atomic mass is 9.83. The minimum atomic E-state index is -0.842. The van der Waals surface area contributed by atoms with E-state index in [-0.39, 0.29) is 18.3 Å². The third-order valence-corrected chi connectivity index (χ3v) is 6.26. The van der Waals surface area contributed by atoms with Crippen molar-refractivity contribution in [1.29, 1.82) is 5.26 Å². The predicted octanol–water partition coefficient (Wildman–Crippen LogP) is 5.15.